The zero-order valence-corrected chi connectivity index (χ0v) is 27.8. The molecule has 2 amide bonds. The molecule has 11 atom stereocenters. The summed E-state index contributed by atoms with van der Waals surface area (Å²) in [5, 5.41) is 42.2. The molecular weight excluding hydrogens is 606 g/mol. The molecule has 0 radical (unpaired) electrons. The summed E-state index contributed by atoms with van der Waals surface area (Å²) in [6, 6.07) is -1.66. The van der Waals surface area contributed by atoms with Crippen molar-refractivity contribution in [3.63, 3.8) is 0 Å². The molecule has 14 heteroatoms. The van der Waals surface area contributed by atoms with Crippen molar-refractivity contribution in [1.29, 1.82) is 0 Å². The van der Waals surface area contributed by atoms with E-state index in [4.69, 9.17) is 29.8 Å². The van der Waals surface area contributed by atoms with Gasteiger partial charge in [-0.2, -0.15) is 0 Å². The van der Waals surface area contributed by atoms with Gasteiger partial charge in [-0.05, 0) is 64.7 Å². The molecule has 45 heavy (non-hydrogen) atoms. The standard InChI is InChI=1S/C30H51N3O8S.CH2O2/c1-16(2)12-17-10-11-39-25-18(13-17)15-33(29(38)41-30(3,4)5)21(25)27(37)32-20-9-7-6-8-19(14-31)42-28-24(36)22(34)23(35)26(20)40-28;2-1-3/h6-7,16-26,28,34-36H,8-15,31H2,1-5H3,(H,32,37);1H,(H,2,3)/b7-6-;/t17-,18-,19-,20+,21-,22-,23+,24+,25+,26+,28+;/m0./s1. The molecule has 0 aliphatic carbocycles. The van der Waals surface area contributed by atoms with Gasteiger partial charge in [0.25, 0.3) is 6.47 Å². The molecule has 4 heterocycles. The maximum absolute atomic E-state index is 14.1. The maximum Gasteiger partial charge on any atom is 0.411 e. The lowest BCUT2D eigenvalue weighted by molar-refractivity contribution is -0.205. The molecule has 0 aromatic heterocycles. The highest BCUT2D eigenvalue weighted by molar-refractivity contribution is 8.00. The average Bonchev–Trinajstić information content (AvgIpc) is 3.20. The van der Waals surface area contributed by atoms with Gasteiger partial charge in [0.05, 0.1) is 12.1 Å². The fourth-order valence-electron chi connectivity index (χ4n) is 6.69. The number of nitrogens with zero attached hydrogens (tertiary/aromatic N) is 1. The molecule has 258 valence electrons. The summed E-state index contributed by atoms with van der Waals surface area (Å²) < 4.78 is 18.2. The molecule has 4 aliphatic heterocycles. The third-order valence-electron chi connectivity index (χ3n) is 8.59. The van der Waals surface area contributed by atoms with Crippen molar-refractivity contribution in [3.05, 3.63) is 12.2 Å². The number of aliphatic hydroxyl groups excluding tert-OH is 3. The lowest BCUT2D eigenvalue weighted by Gasteiger charge is -2.44. The molecule has 0 spiro atoms. The maximum atomic E-state index is 14.1. The Bertz CT molecular complexity index is 1010. The Morgan fingerprint density at radius 1 is 1.13 bits per heavy atom. The van der Waals surface area contributed by atoms with Crippen LogP contribution in [0, 0.1) is 17.8 Å². The van der Waals surface area contributed by atoms with Crippen LogP contribution in [0.3, 0.4) is 0 Å². The number of carbonyl (C=O) groups is 3. The molecule has 0 aromatic rings. The second kappa shape index (κ2) is 16.8. The van der Waals surface area contributed by atoms with Crippen LogP contribution in [0.1, 0.15) is 66.7 Å². The number of hydrogen-bond donors (Lipinski definition) is 6. The Morgan fingerprint density at radius 2 is 1.80 bits per heavy atom. The van der Waals surface area contributed by atoms with Crippen LogP contribution in [0.15, 0.2) is 12.2 Å². The van der Waals surface area contributed by atoms with Gasteiger partial charge < -0.3 is 45.7 Å². The summed E-state index contributed by atoms with van der Waals surface area (Å²) >= 11 is 1.31. The number of hydrogen-bond acceptors (Lipinski definition) is 11. The van der Waals surface area contributed by atoms with E-state index in [1.54, 1.807) is 20.8 Å². The van der Waals surface area contributed by atoms with Crippen molar-refractivity contribution in [3.8, 4) is 0 Å². The normalized spacial score (nSPS) is 37.7. The van der Waals surface area contributed by atoms with Gasteiger partial charge >= 0.3 is 6.09 Å². The van der Waals surface area contributed by atoms with E-state index >= 15 is 0 Å². The topological polar surface area (TPSA) is 201 Å². The van der Waals surface area contributed by atoms with Gasteiger partial charge in [0.2, 0.25) is 5.91 Å². The van der Waals surface area contributed by atoms with Crippen molar-refractivity contribution < 1.29 is 49.0 Å². The number of likely N-dealkylation sites (tertiary alicyclic amines) is 1. The molecule has 0 unspecified atom stereocenters. The highest BCUT2D eigenvalue weighted by Crippen LogP contribution is 2.39. The molecule has 4 rings (SSSR count). The number of amides is 2. The van der Waals surface area contributed by atoms with Crippen LogP contribution in [-0.4, -0.2) is 122 Å². The molecule has 2 bridgehead atoms. The van der Waals surface area contributed by atoms with Crippen LogP contribution in [0.2, 0.25) is 0 Å². The lowest BCUT2D eigenvalue weighted by atomic mass is 9.85. The van der Waals surface area contributed by atoms with Crippen molar-refractivity contribution in [2.24, 2.45) is 23.5 Å². The number of ether oxygens (including phenoxy) is 3. The highest BCUT2D eigenvalue weighted by atomic mass is 32.2. The summed E-state index contributed by atoms with van der Waals surface area (Å²) in [5.74, 6) is 0.529. The zero-order chi connectivity index (χ0) is 33.5. The summed E-state index contributed by atoms with van der Waals surface area (Å²) in [5.41, 5.74) is 4.34. The van der Waals surface area contributed by atoms with Crippen molar-refractivity contribution >= 4 is 30.2 Å². The quantitative estimate of drug-likeness (QED) is 0.184. The number of allylic oxidation sites excluding steroid dienone is 1. The lowest BCUT2D eigenvalue weighted by Crippen LogP contribution is -2.64. The number of nitrogens with two attached hydrogens (primary N) is 1. The van der Waals surface area contributed by atoms with E-state index < -0.39 is 65.6 Å². The van der Waals surface area contributed by atoms with Crippen molar-refractivity contribution in [2.45, 2.75) is 126 Å². The Balaban J connectivity index is 0.00000177. The largest absolute Gasteiger partial charge is 0.483 e. The summed E-state index contributed by atoms with van der Waals surface area (Å²) in [6.07, 6.45) is 1.37. The van der Waals surface area contributed by atoms with Gasteiger partial charge in [0.15, 0.2) is 0 Å². The van der Waals surface area contributed by atoms with Crippen molar-refractivity contribution in [1.82, 2.24) is 10.2 Å². The molecule has 3 fully saturated rings. The van der Waals surface area contributed by atoms with Crippen LogP contribution in [-0.2, 0) is 23.8 Å². The molecule has 7 N–H and O–H groups in total. The van der Waals surface area contributed by atoms with Gasteiger partial charge in [-0.3, -0.25) is 14.5 Å². The Kier molecular flexibility index (Phi) is 14.0. The number of thioether (sulfide) groups is 1. The third kappa shape index (κ3) is 10.0. The Labute approximate surface area is 270 Å². The first-order chi connectivity index (χ1) is 21.2. The summed E-state index contributed by atoms with van der Waals surface area (Å²) in [6.45, 7) is 10.7. The van der Waals surface area contributed by atoms with E-state index in [0.717, 1.165) is 19.3 Å². The van der Waals surface area contributed by atoms with Crippen LogP contribution >= 0.6 is 11.8 Å². The summed E-state index contributed by atoms with van der Waals surface area (Å²) in [7, 11) is 0. The molecule has 4 aliphatic rings. The van der Waals surface area contributed by atoms with E-state index in [2.05, 4.69) is 19.2 Å². The number of fused-ring (bicyclic) bond motifs is 3. The third-order valence-corrected chi connectivity index (χ3v) is 10.0. The Hall–Kier alpha value is -1.94. The van der Waals surface area contributed by atoms with Gasteiger partial charge in [-0.1, -0.05) is 26.0 Å². The van der Waals surface area contributed by atoms with Crippen LogP contribution < -0.4 is 11.1 Å². The number of carboxylic acid groups (broad SMARTS) is 1. The van der Waals surface area contributed by atoms with Gasteiger partial charge in [0.1, 0.15) is 41.5 Å². The molecule has 0 saturated carbocycles. The monoisotopic (exact) mass is 659 g/mol. The highest BCUT2D eigenvalue weighted by Gasteiger charge is 2.53. The van der Waals surface area contributed by atoms with Crippen LogP contribution in [0.4, 0.5) is 4.79 Å². The average molecular weight is 660 g/mol. The number of nitrogens with one attached hydrogen (secondary N) is 1. The van der Waals surface area contributed by atoms with Crippen LogP contribution in [0.25, 0.3) is 0 Å². The number of rotatable bonds is 5. The second-order valence-corrected chi connectivity index (χ2v) is 15.2. The van der Waals surface area contributed by atoms with Crippen molar-refractivity contribution in [2.75, 3.05) is 19.7 Å². The fraction of sp³-hybridized carbons (Fsp3) is 0.839. The SMILES string of the molecule is CC(C)C[C@@H]1CCO[C@@H]2[C@@H](C1)CN(C(=O)OC(C)(C)C)[C@@H]2C(=O)N[C@@H]1C/C=C\C[C@@H](CN)S[C@H]2O[C@H]1[C@H](O)[C@H](O)[C@H]2O.O=CO. The van der Waals surface area contributed by atoms with Crippen LogP contribution in [0.5, 0.6) is 0 Å². The first-order valence-corrected chi connectivity index (χ1v) is 16.8. The van der Waals surface area contributed by atoms with E-state index in [0.29, 0.717) is 44.4 Å². The predicted molar refractivity (Wildman–Crippen MR) is 168 cm³/mol. The molecule has 0 aromatic carbocycles. The van der Waals surface area contributed by atoms with E-state index in [-0.39, 0.29) is 17.6 Å². The smallest absolute Gasteiger partial charge is 0.411 e. The second-order valence-electron chi connectivity index (χ2n) is 13.8. The van der Waals surface area contributed by atoms with E-state index in [9.17, 15) is 24.9 Å². The molecular formula is C31H53N3O10S. The number of aliphatic hydroxyl groups is 3. The van der Waals surface area contributed by atoms with Gasteiger partial charge in [-0.15, -0.1) is 11.8 Å². The van der Waals surface area contributed by atoms with E-state index in [1.807, 2.05) is 12.2 Å². The minimum absolute atomic E-state index is 0.0223. The van der Waals surface area contributed by atoms with Gasteiger partial charge in [0, 0.05) is 30.9 Å². The zero-order valence-electron chi connectivity index (χ0n) is 27.0. The molecule has 3 saturated heterocycles. The molecule has 13 nitrogen and oxygen atoms in total. The predicted octanol–water partition coefficient (Wildman–Crippen LogP) is 1.47. The van der Waals surface area contributed by atoms with E-state index in [1.165, 1.54) is 16.7 Å². The Morgan fingerprint density at radius 3 is 2.42 bits per heavy atom. The minimum atomic E-state index is -1.46. The van der Waals surface area contributed by atoms with Gasteiger partial charge in [-0.25, -0.2) is 4.79 Å². The fourth-order valence-corrected chi connectivity index (χ4v) is 7.91. The first kappa shape index (κ1) is 37.5. The summed E-state index contributed by atoms with van der Waals surface area (Å²) in [4.78, 5) is 37.4. The minimum Gasteiger partial charge on any atom is -0.483 e. The first-order valence-electron chi connectivity index (χ1n) is 15.9. The number of carbonyl (C=O) groups excluding carboxylic acids is 2.